The summed E-state index contributed by atoms with van der Waals surface area (Å²) in [6.07, 6.45) is 1.71. The Balaban J connectivity index is 1.62. The second-order valence-electron chi connectivity index (χ2n) is 4.45. The number of hydrogen-bond donors (Lipinski definition) is 0. The van der Waals surface area contributed by atoms with Gasteiger partial charge in [0.05, 0.1) is 24.8 Å². The van der Waals surface area contributed by atoms with Crippen LogP contribution in [0, 0.1) is 0 Å². The zero-order valence-corrected chi connectivity index (χ0v) is 13.2. The highest BCUT2D eigenvalue weighted by Crippen LogP contribution is 2.28. The summed E-state index contributed by atoms with van der Waals surface area (Å²) in [6.45, 7) is 0. The van der Waals surface area contributed by atoms with Crippen molar-refractivity contribution in [3.8, 4) is 16.3 Å². The molecule has 0 aliphatic carbocycles. The fraction of sp³-hybridized carbons (Fsp3) is 0.188. The summed E-state index contributed by atoms with van der Waals surface area (Å²) in [5.41, 5.74) is 2.20. The largest absolute Gasteiger partial charge is 0.497 e. The van der Waals surface area contributed by atoms with Crippen LogP contribution in [-0.4, -0.2) is 12.1 Å². The molecule has 0 atom stereocenters. The molecule has 3 nitrogen and oxygen atoms in total. The zero-order chi connectivity index (χ0) is 14.5. The van der Waals surface area contributed by atoms with Crippen molar-refractivity contribution in [3.05, 3.63) is 59.5 Å². The molecule has 2 aromatic heterocycles. The van der Waals surface area contributed by atoms with E-state index in [2.05, 4.69) is 16.4 Å². The summed E-state index contributed by atoms with van der Waals surface area (Å²) >= 11 is 3.47. The number of rotatable bonds is 6. The normalized spacial score (nSPS) is 10.7. The van der Waals surface area contributed by atoms with E-state index in [9.17, 15) is 0 Å². The third kappa shape index (κ3) is 3.68. The molecule has 5 heteroatoms. The van der Waals surface area contributed by atoms with Crippen molar-refractivity contribution in [1.29, 1.82) is 0 Å². The Morgan fingerprint density at radius 1 is 1.24 bits per heavy atom. The average Bonchev–Trinajstić information content (AvgIpc) is 3.19. The topological polar surface area (TPSA) is 35.3 Å². The first kappa shape index (κ1) is 14.2. The van der Waals surface area contributed by atoms with Crippen LogP contribution in [0.2, 0.25) is 0 Å². The highest BCUT2D eigenvalue weighted by molar-refractivity contribution is 7.97. The molecule has 108 valence electrons. The zero-order valence-electron chi connectivity index (χ0n) is 11.6. The van der Waals surface area contributed by atoms with E-state index in [1.54, 1.807) is 36.5 Å². The fourth-order valence-electron chi connectivity index (χ4n) is 1.91. The molecule has 1 aromatic carbocycles. The van der Waals surface area contributed by atoms with E-state index in [1.165, 1.54) is 0 Å². The summed E-state index contributed by atoms with van der Waals surface area (Å²) in [6, 6.07) is 11.9. The summed E-state index contributed by atoms with van der Waals surface area (Å²) in [7, 11) is 1.68. The van der Waals surface area contributed by atoms with E-state index in [0.717, 1.165) is 39.3 Å². The number of thioether (sulfide) groups is 1. The van der Waals surface area contributed by atoms with E-state index < -0.39 is 0 Å². The lowest BCUT2D eigenvalue weighted by atomic mass is 10.2. The lowest BCUT2D eigenvalue weighted by molar-refractivity contribution is 0.415. The molecule has 2 heterocycles. The van der Waals surface area contributed by atoms with Crippen molar-refractivity contribution in [3.63, 3.8) is 0 Å². The molecule has 0 amide bonds. The molecule has 0 bridgehead atoms. The molecule has 0 aliphatic rings. The second-order valence-corrected chi connectivity index (χ2v) is 6.29. The van der Waals surface area contributed by atoms with Crippen molar-refractivity contribution < 1.29 is 9.15 Å². The van der Waals surface area contributed by atoms with Gasteiger partial charge in [0, 0.05) is 16.7 Å². The smallest absolute Gasteiger partial charge is 0.123 e. The van der Waals surface area contributed by atoms with Gasteiger partial charge in [0.15, 0.2) is 0 Å². The van der Waals surface area contributed by atoms with Crippen molar-refractivity contribution in [1.82, 2.24) is 4.98 Å². The molecule has 3 rings (SSSR count). The summed E-state index contributed by atoms with van der Waals surface area (Å²) < 4.78 is 10.6. The second kappa shape index (κ2) is 6.83. The van der Waals surface area contributed by atoms with E-state index >= 15 is 0 Å². The van der Waals surface area contributed by atoms with Gasteiger partial charge in [-0.05, 0) is 24.3 Å². The van der Waals surface area contributed by atoms with Crippen LogP contribution < -0.4 is 4.74 Å². The molecule has 3 aromatic rings. The highest BCUT2D eigenvalue weighted by atomic mass is 32.2. The van der Waals surface area contributed by atoms with Gasteiger partial charge < -0.3 is 9.15 Å². The predicted molar refractivity (Wildman–Crippen MR) is 87.8 cm³/mol. The van der Waals surface area contributed by atoms with Crippen LogP contribution in [0.3, 0.4) is 0 Å². The molecule has 0 unspecified atom stereocenters. The minimum Gasteiger partial charge on any atom is -0.497 e. The van der Waals surface area contributed by atoms with Gasteiger partial charge >= 0.3 is 0 Å². The SMILES string of the molecule is COc1cccc(-c2nc(CSCc3ccco3)cs2)c1. The molecule has 0 N–H and O–H groups in total. The molecule has 0 aliphatic heterocycles. The van der Waals surface area contributed by atoms with Gasteiger partial charge in [-0.2, -0.15) is 0 Å². The van der Waals surface area contributed by atoms with Gasteiger partial charge in [-0.15, -0.1) is 23.1 Å². The summed E-state index contributed by atoms with van der Waals surface area (Å²) in [5, 5.41) is 3.15. The molecule has 0 saturated heterocycles. The van der Waals surface area contributed by atoms with Gasteiger partial charge in [-0.3, -0.25) is 0 Å². The molecule has 0 radical (unpaired) electrons. The summed E-state index contributed by atoms with van der Waals surface area (Å²) in [4.78, 5) is 4.69. The van der Waals surface area contributed by atoms with E-state index in [-0.39, 0.29) is 0 Å². The molecule has 0 spiro atoms. The lowest BCUT2D eigenvalue weighted by Gasteiger charge is -2.01. The first-order valence-electron chi connectivity index (χ1n) is 6.54. The van der Waals surface area contributed by atoms with Gasteiger partial charge in [-0.25, -0.2) is 4.98 Å². The van der Waals surface area contributed by atoms with Crippen molar-refractivity contribution in [2.75, 3.05) is 7.11 Å². The monoisotopic (exact) mass is 317 g/mol. The number of hydrogen-bond acceptors (Lipinski definition) is 5. The maximum Gasteiger partial charge on any atom is 0.123 e. The van der Waals surface area contributed by atoms with Crippen LogP contribution in [0.25, 0.3) is 10.6 Å². The lowest BCUT2D eigenvalue weighted by Crippen LogP contribution is -1.85. The molecule has 21 heavy (non-hydrogen) atoms. The number of aromatic nitrogens is 1. The Morgan fingerprint density at radius 3 is 3.00 bits per heavy atom. The molecule has 0 fully saturated rings. The van der Waals surface area contributed by atoms with E-state index in [4.69, 9.17) is 9.15 Å². The molecular formula is C16H15NO2S2. The maximum atomic E-state index is 5.32. The first-order valence-corrected chi connectivity index (χ1v) is 8.57. The highest BCUT2D eigenvalue weighted by Gasteiger charge is 2.06. The summed E-state index contributed by atoms with van der Waals surface area (Å²) in [5.74, 6) is 3.62. The van der Waals surface area contributed by atoms with Crippen LogP contribution in [0.5, 0.6) is 5.75 Å². The third-order valence-electron chi connectivity index (χ3n) is 2.94. The Kier molecular flexibility index (Phi) is 4.62. The number of nitrogens with zero attached hydrogens (tertiary/aromatic N) is 1. The van der Waals surface area contributed by atoms with Gasteiger partial charge in [0.25, 0.3) is 0 Å². The van der Waals surface area contributed by atoms with Gasteiger partial charge in [0.2, 0.25) is 0 Å². The Morgan fingerprint density at radius 2 is 2.19 bits per heavy atom. The maximum absolute atomic E-state index is 5.32. The number of benzene rings is 1. The standard InChI is InChI=1S/C16H15NO2S2/c1-18-14-5-2-4-12(8-14)16-17-13(10-21-16)9-20-11-15-6-3-7-19-15/h2-8,10H,9,11H2,1H3. The van der Waals surface area contributed by atoms with Crippen LogP contribution in [-0.2, 0) is 11.5 Å². The van der Waals surface area contributed by atoms with E-state index in [0.29, 0.717) is 0 Å². The van der Waals surface area contributed by atoms with Crippen LogP contribution in [0.15, 0.2) is 52.5 Å². The first-order chi connectivity index (χ1) is 10.3. The average molecular weight is 317 g/mol. The van der Waals surface area contributed by atoms with Crippen LogP contribution >= 0.6 is 23.1 Å². The minimum absolute atomic E-state index is 0.858. The molecule has 0 saturated carbocycles. The predicted octanol–water partition coefficient (Wildman–Crippen LogP) is 4.85. The Hall–Kier alpha value is -1.72. The van der Waals surface area contributed by atoms with E-state index in [1.807, 2.05) is 30.3 Å². The Labute approximate surface area is 132 Å². The number of furan rings is 1. The van der Waals surface area contributed by atoms with Crippen molar-refractivity contribution in [2.24, 2.45) is 0 Å². The van der Waals surface area contributed by atoms with Gasteiger partial charge in [-0.1, -0.05) is 12.1 Å². The van der Waals surface area contributed by atoms with Crippen molar-refractivity contribution >= 4 is 23.1 Å². The quantitative estimate of drug-likeness (QED) is 0.651. The van der Waals surface area contributed by atoms with Crippen LogP contribution in [0.4, 0.5) is 0 Å². The number of ether oxygens (including phenoxy) is 1. The Bertz CT molecular complexity index is 692. The minimum atomic E-state index is 0.858. The van der Waals surface area contributed by atoms with Gasteiger partial charge in [0.1, 0.15) is 16.5 Å². The fourth-order valence-corrected chi connectivity index (χ4v) is 3.66. The third-order valence-corrected chi connectivity index (χ3v) is 4.87. The molecular weight excluding hydrogens is 302 g/mol. The van der Waals surface area contributed by atoms with Crippen LogP contribution in [0.1, 0.15) is 11.5 Å². The van der Waals surface area contributed by atoms with Crippen molar-refractivity contribution in [2.45, 2.75) is 11.5 Å². The number of thiazole rings is 1. The number of methoxy groups -OCH3 is 1.